The molecule has 146 valence electrons. The van der Waals surface area contributed by atoms with Crippen LogP contribution in [0.2, 0.25) is 0 Å². The summed E-state index contributed by atoms with van der Waals surface area (Å²) < 4.78 is 43.9. The lowest BCUT2D eigenvalue weighted by Gasteiger charge is -2.25. The van der Waals surface area contributed by atoms with Gasteiger partial charge in [0.1, 0.15) is 11.6 Å². The first-order valence-corrected chi connectivity index (χ1v) is 8.91. The maximum absolute atomic E-state index is 13.0. The summed E-state index contributed by atoms with van der Waals surface area (Å²) >= 11 is 0. The number of ether oxygens (including phenoxy) is 1. The molecule has 0 saturated heterocycles. The predicted octanol–water partition coefficient (Wildman–Crippen LogP) is 3.05. The summed E-state index contributed by atoms with van der Waals surface area (Å²) in [7, 11) is 1.46. The Morgan fingerprint density at radius 3 is 2.37 bits per heavy atom. The number of halogens is 3. The number of carbonyl (C=O) groups excluding carboxylic acids is 3. The Morgan fingerprint density at radius 1 is 1.19 bits per heavy atom. The van der Waals surface area contributed by atoms with E-state index >= 15 is 0 Å². The predicted molar refractivity (Wildman–Crippen MR) is 88.1 cm³/mol. The summed E-state index contributed by atoms with van der Waals surface area (Å²) in [5, 5.41) is 0. The third-order valence-electron chi connectivity index (χ3n) is 5.36. The van der Waals surface area contributed by atoms with Gasteiger partial charge in [-0.25, -0.2) is 4.98 Å². The highest BCUT2D eigenvalue weighted by atomic mass is 19.4. The average Bonchev–Trinajstić information content (AvgIpc) is 3.07. The standard InChI is InChI=1S/C19H20F3NO4/c1-27-8-2-3-13-12(6-7-14(23-13)19(20,21)22)18(26)15-16(24)10-4-5-11(9-10)17(15)25/h6-7,10-11,15H,2-5,8-9H2,1H3. The van der Waals surface area contributed by atoms with E-state index in [9.17, 15) is 27.6 Å². The number of Topliss-reactive ketones (excluding diaryl/α,β-unsaturated/α-hetero) is 3. The van der Waals surface area contributed by atoms with Gasteiger partial charge in [0.2, 0.25) is 0 Å². The van der Waals surface area contributed by atoms with Crippen molar-refractivity contribution in [3.8, 4) is 0 Å². The fraction of sp³-hybridized carbons (Fsp3) is 0.579. The summed E-state index contributed by atoms with van der Waals surface area (Å²) in [4.78, 5) is 41.7. The topological polar surface area (TPSA) is 73.3 Å². The summed E-state index contributed by atoms with van der Waals surface area (Å²) in [6.07, 6.45) is -2.54. The van der Waals surface area contributed by atoms with Gasteiger partial charge >= 0.3 is 6.18 Å². The molecule has 2 unspecified atom stereocenters. The van der Waals surface area contributed by atoms with Crippen LogP contribution in [-0.2, 0) is 26.9 Å². The van der Waals surface area contributed by atoms with E-state index in [1.165, 1.54) is 7.11 Å². The number of carbonyl (C=O) groups is 3. The first-order chi connectivity index (χ1) is 12.7. The highest BCUT2D eigenvalue weighted by Crippen LogP contribution is 2.41. The second-order valence-corrected chi connectivity index (χ2v) is 7.09. The molecule has 2 aliphatic rings. The van der Waals surface area contributed by atoms with Crippen molar-refractivity contribution in [2.24, 2.45) is 17.8 Å². The second-order valence-electron chi connectivity index (χ2n) is 7.09. The molecule has 5 nitrogen and oxygen atoms in total. The second kappa shape index (κ2) is 7.50. The molecule has 2 bridgehead atoms. The Morgan fingerprint density at radius 2 is 1.81 bits per heavy atom. The van der Waals surface area contributed by atoms with Crippen LogP contribution in [0.4, 0.5) is 13.2 Å². The van der Waals surface area contributed by atoms with Crippen molar-refractivity contribution in [3.05, 3.63) is 29.1 Å². The van der Waals surface area contributed by atoms with E-state index in [1.807, 2.05) is 0 Å². The normalized spacial score (nSPS) is 25.1. The SMILES string of the molecule is COCCCc1nc(C(F)(F)F)ccc1C(=O)C1C(=O)C2CCC(C2)C1=O. The van der Waals surface area contributed by atoms with E-state index in [4.69, 9.17) is 4.74 Å². The van der Waals surface area contributed by atoms with Crippen LogP contribution in [0.15, 0.2) is 12.1 Å². The number of alkyl halides is 3. The number of methoxy groups -OCH3 is 1. The van der Waals surface area contributed by atoms with Gasteiger partial charge in [-0.05, 0) is 44.2 Å². The van der Waals surface area contributed by atoms with Gasteiger partial charge in [0.25, 0.3) is 0 Å². The number of hydrogen-bond acceptors (Lipinski definition) is 5. The molecule has 2 saturated carbocycles. The van der Waals surface area contributed by atoms with Gasteiger partial charge in [-0.1, -0.05) is 0 Å². The largest absolute Gasteiger partial charge is 0.433 e. The van der Waals surface area contributed by atoms with Crippen molar-refractivity contribution in [1.29, 1.82) is 0 Å². The third kappa shape index (κ3) is 3.81. The quantitative estimate of drug-likeness (QED) is 0.429. The highest BCUT2D eigenvalue weighted by Gasteiger charge is 2.50. The lowest BCUT2D eigenvalue weighted by molar-refractivity contribution is -0.141. The third-order valence-corrected chi connectivity index (χ3v) is 5.36. The molecule has 0 N–H and O–H groups in total. The fourth-order valence-corrected chi connectivity index (χ4v) is 3.98. The van der Waals surface area contributed by atoms with E-state index in [1.54, 1.807) is 0 Å². The number of nitrogens with zero attached hydrogens (tertiary/aromatic N) is 1. The molecule has 0 spiro atoms. The minimum absolute atomic E-state index is 0.0506. The van der Waals surface area contributed by atoms with Crippen molar-refractivity contribution in [2.45, 2.75) is 38.3 Å². The molecule has 3 rings (SSSR count). The van der Waals surface area contributed by atoms with Crippen molar-refractivity contribution >= 4 is 17.3 Å². The zero-order chi connectivity index (χ0) is 19.8. The molecular formula is C19H20F3NO4. The number of fused-ring (bicyclic) bond motifs is 2. The molecule has 27 heavy (non-hydrogen) atoms. The van der Waals surface area contributed by atoms with Crippen LogP contribution in [0.5, 0.6) is 0 Å². The van der Waals surface area contributed by atoms with Crippen molar-refractivity contribution in [1.82, 2.24) is 4.98 Å². The minimum Gasteiger partial charge on any atom is -0.385 e. The Balaban J connectivity index is 1.95. The number of aromatic nitrogens is 1. The number of rotatable bonds is 6. The van der Waals surface area contributed by atoms with Gasteiger partial charge in [0.15, 0.2) is 17.3 Å². The van der Waals surface area contributed by atoms with Gasteiger partial charge in [-0.3, -0.25) is 14.4 Å². The molecule has 1 aromatic rings. The summed E-state index contributed by atoms with van der Waals surface area (Å²) in [5.41, 5.74) is -1.23. The highest BCUT2D eigenvalue weighted by molar-refractivity contribution is 6.26. The molecule has 2 aliphatic carbocycles. The molecule has 2 atom stereocenters. The maximum Gasteiger partial charge on any atom is 0.433 e. The summed E-state index contributed by atoms with van der Waals surface area (Å²) in [5.74, 6) is -3.55. The van der Waals surface area contributed by atoms with Crippen LogP contribution in [0.25, 0.3) is 0 Å². The van der Waals surface area contributed by atoms with Crippen molar-refractivity contribution in [3.63, 3.8) is 0 Å². The van der Waals surface area contributed by atoms with E-state index in [2.05, 4.69) is 4.98 Å². The Hall–Kier alpha value is -2.09. The molecule has 0 aromatic carbocycles. The molecule has 2 fully saturated rings. The first kappa shape index (κ1) is 19.7. The maximum atomic E-state index is 13.0. The lowest BCUT2D eigenvalue weighted by atomic mass is 9.75. The first-order valence-electron chi connectivity index (χ1n) is 8.91. The molecule has 0 radical (unpaired) electrons. The summed E-state index contributed by atoms with van der Waals surface area (Å²) in [6.45, 7) is 0.289. The minimum atomic E-state index is -4.65. The van der Waals surface area contributed by atoms with Crippen LogP contribution in [0, 0.1) is 17.8 Å². The van der Waals surface area contributed by atoms with E-state index in [0.29, 0.717) is 25.7 Å². The van der Waals surface area contributed by atoms with Crippen LogP contribution in [0.3, 0.4) is 0 Å². The van der Waals surface area contributed by atoms with Crippen molar-refractivity contribution < 1.29 is 32.3 Å². The molecule has 1 aromatic heterocycles. The van der Waals surface area contributed by atoms with Crippen LogP contribution in [-0.4, -0.2) is 36.1 Å². The number of pyridine rings is 1. The van der Waals surface area contributed by atoms with Gasteiger partial charge in [0, 0.05) is 31.1 Å². The van der Waals surface area contributed by atoms with Gasteiger partial charge in [-0.2, -0.15) is 13.2 Å². The number of aryl methyl sites for hydroxylation is 1. The van der Waals surface area contributed by atoms with E-state index in [0.717, 1.165) is 12.1 Å². The number of hydrogen-bond donors (Lipinski definition) is 0. The summed E-state index contributed by atoms with van der Waals surface area (Å²) in [6, 6.07) is 1.76. The Kier molecular flexibility index (Phi) is 5.46. The lowest BCUT2D eigenvalue weighted by Crippen LogP contribution is -2.41. The van der Waals surface area contributed by atoms with Crippen LogP contribution >= 0.6 is 0 Å². The Labute approximate surface area is 154 Å². The monoisotopic (exact) mass is 383 g/mol. The molecular weight excluding hydrogens is 363 g/mol. The average molecular weight is 383 g/mol. The molecule has 8 heteroatoms. The van der Waals surface area contributed by atoms with E-state index in [-0.39, 0.29) is 36.1 Å². The molecule has 0 amide bonds. The zero-order valence-electron chi connectivity index (χ0n) is 14.8. The smallest absolute Gasteiger partial charge is 0.385 e. The molecule has 1 heterocycles. The van der Waals surface area contributed by atoms with Gasteiger partial charge < -0.3 is 4.74 Å². The van der Waals surface area contributed by atoms with Gasteiger partial charge in [-0.15, -0.1) is 0 Å². The Bertz CT molecular complexity index is 753. The fourth-order valence-electron chi connectivity index (χ4n) is 3.98. The van der Waals surface area contributed by atoms with Crippen molar-refractivity contribution in [2.75, 3.05) is 13.7 Å². The molecule has 0 aliphatic heterocycles. The van der Waals surface area contributed by atoms with Gasteiger partial charge in [0.05, 0.1) is 5.69 Å². The van der Waals surface area contributed by atoms with Crippen LogP contribution < -0.4 is 0 Å². The van der Waals surface area contributed by atoms with Crippen LogP contribution in [0.1, 0.15) is 47.4 Å². The number of ketones is 3. The van der Waals surface area contributed by atoms with E-state index < -0.39 is 35.1 Å². The zero-order valence-corrected chi connectivity index (χ0v) is 14.8.